The highest BCUT2D eigenvalue weighted by Gasteiger charge is 2.36. The lowest BCUT2D eigenvalue weighted by molar-refractivity contribution is -0.134. The number of pyridine rings is 1. The number of carbonyl (C=O) groups is 2. The van der Waals surface area contributed by atoms with Gasteiger partial charge < -0.3 is 14.8 Å². The summed E-state index contributed by atoms with van der Waals surface area (Å²) in [4.78, 5) is 31.1. The zero-order valence-electron chi connectivity index (χ0n) is 14.0. The molecule has 3 N–H and O–H groups in total. The zero-order chi connectivity index (χ0) is 18.1. The Morgan fingerprint density at radius 1 is 1.48 bits per heavy atom. The van der Waals surface area contributed by atoms with E-state index in [1.807, 2.05) is 19.9 Å². The van der Waals surface area contributed by atoms with Gasteiger partial charge in [0.1, 0.15) is 5.65 Å². The number of hydrogen-bond acceptors (Lipinski definition) is 6. The van der Waals surface area contributed by atoms with Gasteiger partial charge in [-0.1, -0.05) is 0 Å². The number of carbonyl (C=O) groups excluding carboxylic acids is 1. The topological polar surface area (TPSA) is 108 Å². The molecule has 0 aliphatic carbocycles. The number of fused-ring (bicyclic) bond motifs is 1. The van der Waals surface area contributed by atoms with Crippen molar-refractivity contribution in [1.82, 2.24) is 20.4 Å². The standard InChI is InChI=1S/C17H18N4O4/c1-9(2)21(3)20-16-13(17(23)24)14(22)12(25-16)7-10-8-19-15-11(10)5-4-6-18-15/h4-9,20H,1-3H3,(H,18,19)(H,23,24)/b12-7-. The maximum atomic E-state index is 12.5. The van der Waals surface area contributed by atoms with Crippen LogP contribution in [0.4, 0.5) is 0 Å². The summed E-state index contributed by atoms with van der Waals surface area (Å²) >= 11 is 0. The van der Waals surface area contributed by atoms with Crippen molar-refractivity contribution in [3.63, 3.8) is 0 Å². The number of H-pyrrole nitrogens is 1. The highest BCUT2D eigenvalue weighted by molar-refractivity contribution is 6.26. The minimum absolute atomic E-state index is 0.0539. The molecule has 2 aromatic rings. The fourth-order valence-corrected chi connectivity index (χ4v) is 2.33. The van der Waals surface area contributed by atoms with E-state index >= 15 is 0 Å². The number of nitrogens with one attached hydrogen (secondary N) is 2. The summed E-state index contributed by atoms with van der Waals surface area (Å²) in [7, 11) is 1.73. The van der Waals surface area contributed by atoms with Crippen molar-refractivity contribution in [2.45, 2.75) is 19.9 Å². The van der Waals surface area contributed by atoms with E-state index in [4.69, 9.17) is 4.74 Å². The number of aliphatic carboxylic acids is 1. The molecule has 25 heavy (non-hydrogen) atoms. The first kappa shape index (κ1) is 16.7. The largest absolute Gasteiger partial charge is 0.477 e. The fraction of sp³-hybridized carbons (Fsp3) is 0.235. The van der Waals surface area contributed by atoms with E-state index in [2.05, 4.69) is 15.4 Å². The molecule has 0 spiro atoms. The number of carboxylic acids is 1. The second kappa shape index (κ2) is 6.40. The molecule has 0 fully saturated rings. The van der Waals surface area contributed by atoms with Gasteiger partial charge in [0.25, 0.3) is 0 Å². The summed E-state index contributed by atoms with van der Waals surface area (Å²) in [6, 6.07) is 3.71. The number of rotatable bonds is 5. The van der Waals surface area contributed by atoms with Crippen LogP contribution in [0.15, 0.2) is 41.7 Å². The minimum atomic E-state index is -1.34. The number of hydrogen-bond donors (Lipinski definition) is 3. The molecule has 0 atom stereocenters. The van der Waals surface area contributed by atoms with Crippen LogP contribution >= 0.6 is 0 Å². The fourth-order valence-electron chi connectivity index (χ4n) is 2.33. The van der Waals surface area contributed by atoms with Gasteiger partial charge >= 0.3 is 5.97 Å². The molecule has 0 aromatic carbocycles. The quantitative estimate of drug-likeness (QED) is 0.431. The third-order valence-corrected chi connectivity index (χ3v) is 3.93. The van der Waals surface area contributed by atoms with Crippen molar-refractivity contribution in [1.29, 1.82) is 0 Å². The van der Waals surface area contributed by atoms with Crippen molar-refractivity contribution in [2.75, 3.05) is 7.05 Å². The van der Waals surface area contributed by atoms with Gasteiger partial charge in [0.15, 0.2) is 11.3 Å². The SMILES string of the molecule is CC(C)N(C)NC1=C(C(=O)O)C(=O)/C(=C/c2c[nH]c3ncccc23)O1. The van der Waals surface area contributed by atoms with Crippen LogP contribution in [-0.4, -0.2) is 44.9 Å². The third-order valence-electron chi connectivity index (χ3n) is 3.93. The lowest BCUT2D eigenvalue weighted by Gasteiger charge is -2.23. The molecule has 0 bridgehead atoms. The van der Waals surface area contributed by atoms with Crippen LogP contribution in [0.3, 0.4) is 0 Å². The number of hydrazine groups is 1. The molecule has 8 heteroatoms. The van der Waals surface area contributed by atoms with E-state index in [0.29, 0.717) is 11.2 Å². The molecule has 3 heterocycles. The van der Waals surface area contributed by atoms with Crippen LogP contribution in [-0.2, 0) is 14.3 Å². The first-order valence-corrected chi connectivity index (χ1v) is 7.72. The number of ketones is 1. The molecular formula is C17H18N4O4. The van der Waals surface area contributed by atoms with Crippen molar-refractivity contribution in [3.8, 4) is 0 Å². The Hall–Kier alpha value is -3.13. The Balaban J connectivity index is 1.95. The summed E-state index contributed by atoms with van der Waals surface area (Å²) < 4.78 is 5.51. The highest BCUT2D eigenvalue weighted by atomic mass is 16.5. The molecule has 2 aromatic heterocycles. The van der Waals surface area contributed by atoms with E-state index in [1.165, 1.54) is 6.08 Å². The van der Waals surface area contributed by atoms with Crippen LogP contribution in [0.25, 0.3) is 17.1 Å². The van der Waals surface area contributed by atoms with Crippen LogP contribution in [0.2, 0.25) is 0 Å². The minimum Gasteiger partial charge on any atom is -0.477 e. The maximum absolute atomic E-state index is 12.5. The number of carboxylic acid groups (broad SMARTS) is 1. The van der Waals surface area contributed by atoms with Crippen molar-refractivity contribution >= 4 is 28.9 Å². The summed E-state index contributed by atoms with van der Waals surface area (Å²) in [6.45, 7) is 3.83. The van der Waals surface area contributed by atoms with Crippen LogP contribution in [0.5, 0.6) is 0 Å². The predicted octanol–water partition coefficient (Wildman–Crippen LogP) is 1.64. The summed E-state index contributed by atoms with van der Waals surface area (Å²) in [5, 5.41) is 11.8. The van der Waals surface area contributed by atoms with Crippen LogP contribution < -0.4 is 5.43 Å². The van der Waals surface area contributed by atoms with Gasteiger partial charge in [0.2, 0.25) is 11.7 Å². The van der Waals surface area contributed by atoms with Crippen molar-refractivity contribution < 1.29 is 19.4 Å². The van der Waals surface area contributed by atoms with E-state index in [9.17, 15) is 14.7 Å². The molecule has 1 aliphatic heterocycles. The van der Waals surface area contributed by atoms with Gasteiger partial charge in [0.05, 0.1) is 0 Å². The first-order valence-electron chi connectivity index (χ1n) is 7.72. The number of Topliss-reactive ketones (excluding diaryl/α,β-unsaturated/α-hetero) is 1. The van der Waals surface area contributed by atoms with Gasteiger partial charge in [0, 0.05) is 36.4 Å². The number of ether oxygens (including phenoxy) is 1. The first-order chi connectivity index (χ1) is 11.9. The molecular weight excluding hydrogens is 324 g/mol. The van der Waals surface area contributed by atoms with E-state index < -0.39 is 17.3 Å². The zero-order valence-corrected chi connectivity index (χ0v) is 14.0. The Morgan fingerprint density at radius 3 is 2.92 bits per heavy atom. The molecule has 0 saturated heterocycles. The average Bonchev–Trinajstić information content (AvgIpc) is 3.09. The molecule has 130 valence electrons. The second-order valence-electron chi connectivity index (χ2n) is 5.91. The van der Waals surface area contributed by atoms with E-state index in [1.54, 1.807) is 30.5 Å². The summed E-state index contributed by atoms with van der Waals surface area (Å²) in [6.07, 6.45) is 4.85. The molecule has 0 unspecified atom stereocenters. The predicted molar refractivity (Wildman–Crippen MR) is 90.9 cm³/mol. The van der Waals surface area contributed by atoms with Crippen LogP contribution in [0.1, 0.15) is 19.4 Å². The molecule has 1 aliphatic rings. The molecule has 0 saturated carbocycles. The molecule has 3 rings (SSSR count). The number of aromatic amines is 1. The van der Waals surface area contributed by atoms with Gasteiger partial charge in [-0.3, -0.25) is 10.2 Å². The average molecular weight is 342 g/mol. The maximum Gasteiger partial charge on any atom is 0.345 e. The van der Waals surface area contributed by atoms with Gasteiger partial charge in [-0.25, -0.2) is 14.8 Å². The normalized spacial score (nSPS) is 16.4. The Labute approximate surface area is 143 Å². The van der Waals surface area contributed by atoms with Gasteiger partial charge in [-0.15, -0.1) is 0 Å². The van der Waals surface area contributed by atoms with Gasteiger partial charge in [-0.05, 0) is 32.1 Å². The monoisotopic (exact) mass is 342 g/mol. The number of allylic oxidation sites excluding steroid dienone is 1. The van der Waals surface area contributed by atoms with Crippen LogP contribution in [0, 0.1) is 0 Å². The number of nitrogens with zero attached hydrogens (tertiary/aromatic N) is 2. The lowest BCUT2D eigenvalue weighted by Crippen LogP contribution is -2.39. The van der Waals surface area contributed by atoms with Crippen molar-refractivity contribution in [3.05, 3.63) is 47.3 Å². The third kappa shape index (κ3) is 3.11. The lowest BCUT2D eigenvalue weighted by atomic mass is 10.1. The van der Waals surface area contributed by atoms with Gasteiger partial charge in [-0.2, -0.15) is 0 Å². The smallest absolute Gasteiger partial charge is 0.345 e. The van der Waals surface area contributed by atoms with E-state index in [0.717, 1.165) is 5.39 Å². The van der Waals surface area contributed by atoms with E-state index in [-0.39, 0.29) is 17.7 Å². The summed E-state index contributed by atoms with van der Waals surface area (Å²) in [5.74, 6) is -2.15. The molecule has 0 amide bonds. The Morgan fingerprint density at radius 2 is 2.24 bits per heavy atom. The molecule has 0 radical (unpaired) electrons. The summed E-state index contributed by atoms with van der Waals surface area (Å²) in [5.41, 5.74) is 3.76. The number of aromatic nitrogens is 2. The second-order valence-corrected chi connectivity index (χ2v) is 5.91. The molecule has 8 nitrogen and oxygen atoms in total. The Kier molecular flexibility index (Phi) is 4.28. The van der Waals surface area contributed by atoms with Crippen molar-refractivity contribution in [2.24, 2.45) is 0 Å². The highest BCUT2D eigenvalue weighted by Crippen LogP contribution is 2.27. The Bertz CT molecular complexity index is 910.